The Morgan fingerprint density at radius 1 is 1.69 bits per heavy atom. The van der Waals surface area contributed by atoms with Crippen molar-refractivity contribution in [3.05, 3.63) is 28.4 Å². The second-order valence-corrected chi connectivity index (χ2v) is 4.04. The fourth-order valence-corrected chi connectivity index (χ4v) is 1.81. The molecule has 16 heavy (non-hydrogen) atoms. The lowest BCUT2D eigenvalue weighted by Gasteiger charge is -2.46. The minimum absolute atomic E-state index is 0.0133. The zero-order valence-electron chi connectivity index (χ0n) is 8.96. The van der Waals surface area contributed by atoms with Gasteiger partial charge in [0.2, 0.25) is 5.82 Å². The van der Waals surface area contributed by atoms with Crippen LogP contribution in [0.2, 0.25) is 0 Å². The third-order valence-corrected chi connectivity index (χ3v) is 2.89. The monoisotopic (exact) mass is 223 g/mol. The third kappa shape index (κ3) is 1.71. The van der Waals surface area contributed by atoms with Gasteiger partial charge in [0, 0.05) is 12.3 Å². The number of nitro groups is 1. The van der Waals surface area contributed by atoms with Crippen LogP contribution in [0.3, 0.4) is 0 Å². The highest BCUT2D eigenvalue weighted by Crippen LogP contribution is 2.33. The maximum Gasteiger partial charge on any atom is 0.311 e. The molecule has 0 bridgehead atoms. The van der Waals surface area contributed by atoms with E-state index in [0.717, 1.165) is 0 Å². The van der Waals surface area contributed by atoms with Gasteiger partial charge in [0.05, 0.1) is 23.6 Å². The molecular weight excluding hydrogens is 210 g/mol. The van der Waals surface area contributed by atoms with Crippen molar-refractivity contribution in [2.24, 2.45) is 0 Å². The Morgan fingerprint density at radius 3 is 2.94 bits per heavy atom. The van der Waals surface area contributed by atoms with Gasteiger partial charge in [-0.3, -0.25) is 10.1 Å². The van der Waals surface area contributed by atoms with Crippen molar-refractivity contribution in [2.75, 3.05) is 18.0 Å². The minimum Gasteiger partial charge on any atom is -0.386 e. The van der Waals surface area contributed by atoms with Crippen LogP contribution >= 0.6 is 0 Å². The molecule has 1 saturated heterocycles. The predicted octanol–water partition coefficient (Wildman–Crippen LogP) is 0.951. The molecule has 1 aliphatic heterocycles. The molecule has 1 N–H and O–H groups in total. The summed E-state index contributed by atoms with van der Waals surface area (Å²) in [5.74, 6) is 0.339. The zero-order chi connectivity index (χ0) is 11.8. The van der Waals surface area contributed by atoms with Gasteiger partial charge in [0.15, 0.2) is 0 Å². The van der Waals surface area contributed by atoms with Crippen LogP contribution in [0.5, 0.6) is 0 Å². The van der Waals surface area contributed by atoms with E-state index in [1.54, 1.807) is 4.90 Å². The molecule has 6 nitrogen and oxygen atoms in total. The summed E-state index contributed by atoms with van der Waals surface area (Å²) < 4.78 is 0. The Kier molecular flexibility index (Phi) is 2.51. The summed E-state index contributed by atoms with van der Waals surface area (Å²) in [5, 5.41) is 20.6. The van der Waals surface area contributed by atoms with Crippen molar-refractivity contribution < 1.29 is 10.0 Å². The quantitative estimate of drug-likeness (QED) is 0.609. The highest BCUT2D eigenvalue weighted by molar-refractivity contribution is 5.59. The molecule has 1 aliphatic rings. The number of aromatic nitrogens is 1. The van der Waals surface area contributed by atoms with Crippen LogP contribution in [0, 0.1) is 10.1 Å². The number of aliphatic hydroxyl groups is 1. The molecule has 0 amide bonds. The van der Waals surface area contributed by atoms with Crippen molar-refractivity contribution in [1.82, 2.24) is 4.98 Å². The lowest BCUT2D eigenvalue weighted by Crippen LogP contribution is -2.62. The molecule has 0 atom stereocenters. The van der Waals surface area contributed by atoms with Gasteiger partial charge in [0.1, 0.15) is 0 Å². The maximum atomic E-state index is 10.8. The fourth-order valence-electron chi connectivity index (χ4n) is 1.81. The Labute approximate surface area is 92.7 Å². The van der Waals surface area contributed by atoms with Gasteiger partial charge in [0.25, 0.3) is 0 Å². The van der Waals surface area contributed by atoms with Gasteiger partial charge in [-0.1, -0.05) is 6.92 Å². The molecule has 6 heteroatoms. The number of nitrogens with zero attached hydrogens (tertiary/aromatic N) is 3. The van der Waals surface area contributed by atoms with Crippen LogP contribution in [0.25, 0.3) is 0 Å². The summed E-state index contributed by atoms with van der Waals surface area (Å²) in [6.07, 6.45) is 2.16. The average molecular weight is 223 g/mol. The molecule has 2 heterocycles. The highest BCUT2D eigenvalue weighted by Gasteiger charge is 2.42. The topological polar surface area (TPSA) is 79.5 Å². The van der Waals surface area contributed by atoms with Crippen molar-refractivity contribution in [1.29, 1.82) is 0 Å². The van der Waals surface area contributed by atoms with Crippen molar-refractivity contribution >= 4 is 11.5 Å². The van der Waals surface area contributed by atoms with Crippen LogP contribution in [-0.2, 0) is 0 Å². The second kappa shape index (κ2) is 3.71. The molecule has 2 rings (SSSR count). The molecular formula is C10H13N3O3. The summed E-state index contributed by atoms with van der Waals surface area (Å²) >= 11 is 0. The van der Waals surface area contributed by atoms with Gasteiger partial charge < -0.3 is 10.0 Å². The number of anilines is 1. The molecule has 1 fully saturated rings. The standard InChI is InChI=1S/C10H13N3O3/c1-2-10(14)6-12(7-10)9-8(13(15)16)4-3-5-11-9/h3-5,14H,2,6-7H2,1H3. The van der Waals surface area contributed by atoms with E-state index in [1.807, 2.05) is 6.92 Å². The van der Waals surface area contributed by atoms with Crippen LogP contribution in [0.4, 0.5) is 11.5 Å². The Bertz CT molecular complexity index is 416. The molecule has 0 radical (unpaired) electrons. The smallest absolute Gasteiger partial charge is 0.311 e. The maximum absolute atomic E-state index is 10.8. The van der Waals surface area contributed by atoms with Crippen molar-refractivity contribution in [3.8, 4) is 0 Å². The first-order valence-corrected chi connectivity index (χ1v) is 5.12. The molecule has 0 aromatic carbocycles. The average Bonchev–Trinajstić information content (AvgIpc) is 2.24. The van der Waals surface area contributed by atoms with Gasteiger partial charge >= 0.3 is 5.69 Å². The first-order valence-electron chi connectivity index (χ1n) is 5.12. The normalized spacial score (nSPS) is 18.0. The Morgan fingerprint density at radius 2 is 2.38 bits per heavy atom. The third-order valence-electron chi connectivity index (χ3n) is 2.89. The Balaban J connectivity index is 2.21. The van der Waals surface area contributed by atoms with Crippen LogP contribution in [0.1, 0.15) is 13.3 Å². The van der Waals surface area contributed by atoms with Crippen molar-refractivity contribution in [3.63, 3.8) is 0 Å². The van der Waals surface area contributed by atoms with Crippen LogP contribution < -0.4 is 4.90 Å². The van der Waals surface area contributed by atoms with E-state index in [9.17, 15) is 15.2 Å². The minimum atomic E-state index is -0.717. The van der Waals surface area contributed by atoms with E-state index in [4.69, 9.17) is 0 Å². The highest BCUT2D eigenvalue weighted by atomic mass is 16.6. The zero-order valence-corrected chi connectivity index (χ0v) is 8.96. The molecule has 0 unspecified atom stereocenters. The lowest BCUT2D eigenvalue weighted by molar-refractivity contribution is -0.384. The van der Waals surface area contributed by atoms with E-state index < -0.39 is 10.5 Å². The van der Waals surface area contributed by atoms with Crippen molar-refractivity contribution in [2.45, 2.75) is 18.9 Å². The van der Waals surface area contributed by atoms with Gasteiger partial charge in [-0.05, 0) is 12.5 Å². The first-order chi connectivity index (χ1) is 7.56. The summed E-state index contributed by atoms with van der Waals surface area (Å²) in [6, 6.07) is 2.96. The van der Waals surface area contributed by atoms with Crippen LogP contribution in [-0.4, -0.2) is 33.7 Å². The number of β-amino-alcohol motifs (C(OH)–C–C–N with tert-alkyl or cyclic N) is 1. The molecule has 86 valence electrons. The fraction of sp³-hybridized carbons (Fsp3) is 0.500. The summed E-state index contributed by atoms with van der Waals surface area (Å²) in [5.41, 5.74) is -0.730. The molecule has 1 aromatic heterocycles. The van der Waals surface area contributed by atoms with E-state index in [-0.39, 0.29) is 5.69 Å². The first kappa shape index (κ1) is 10.8. The number of hydrogen-bond acceptors (Lipinski definition) is 5. The predicted molar refractivity (Wildman–Crippen MR) is 58.3 cm³/mol. The Hall–Kier alpha value is -1.69. The summed E-state index contributed by atoms with van der Waals surface area (Å²) in [6.45, 7) is 2.70. The molecule has 0 aliphatic carbocycles. The molecule has 0 spiro atoms. The van der Waals surface area contributed by atoms with E-state index in [1.165, 1.54) is 18.3 Å². The van der Waals surface area contributed by atoms with E-state index in [0.29, 0.717) is 25.3 Å². The number of pyridine rings is 1. The molecule has 1 aromatic rings. The lowest BCUT2D eigenvalue weighted by atomic mass is 9.91. The van der Waals surface area contributed by atoms with Gasteiger partial charge in [-0.2, -0.15) is 0 Å². The molecule has 0 saturated carbocycles. The van der Waals surface area contributed by atoms with E-state index in [2.05, 4.69) is 4.98 Å². The number of rotatable bonds is 3. The number of hydrogen-bond donors (Lipinski definition) is 1. The van der Waals surface area contributed by atoms with Crippen LogP contribution in [0.15, 0.2) is 18.3 Å². The summed E-state index contributed by atoms with van der Waals surface area (Å²) in [4.78, 5) is 16.0. The van der Waals surface area contributed by atoms with Gasteiger partial charge in [-0.15, -0.1) is 0 Å². The largest absolute Gasteiger partial charge is 0.386 e. The van der Waals surface area contributed by atoms with Gasteiger partial charge in [-0.25, -0.2) is 4.98 Å². The second-order valence-electron chi connectivity index (χ2n) is 4.04. The SMILES string of the molecule is CCC1(O)CN(c2ncccc2[N+](=O)[O-])C1. The summed E-state index contributed by atoms with van der Waals surface area (Å²) in [7, 11) is 0. The van der Waals surface area contributed by atoms with E-state index >= 15 is 0 Å².